The van der Waals surface area contributed by atoms with Crippen LogP contribution in [0.25, 0.3) is 22.0 Å². The maximum Gasteiger partial charge on any atom is 0.149 e. The van der Waals surface area contributed by atoms with Gasteiger partial charge in [0.2, 0.25) is 0 Å². The van der Waals surface area contributed by atoms with Crippen molar-refractivity contribution in [2.24, 2.45) is 0 Å². The van der Waals surface area contributed by atoms with Crippen LogP contribution in [0.15, 0.2) is 67.3 Å². The molecule has 1 atom stereocenters. The number of aromatic nitrogens is 3. The molecule has 0 amide bonds. The van der Waals surface area contributed by atoms with E-state index in [-0.39, 0.29) is 11.9 Å². The van der Waals surface area contributed by atoms with Gasteiger partial charge in [-0.3, -0.25) is 0 Å². The number of rotatable bonds is 4. The van der Waals surface area contributed by atoms with Crippen molar-refractivity contribution in [1.29, 1.82) is 0 Å². The highest BCUT2D eigenvalue weighted by Crippen LogP contribution is 2.29. The summed E-state index contributed by atoms with van der Waals surface area (Å²) in [7, 11) is 0. The SMILES string of the molecule is Cc1cc(NC(C)c2ccc(-c3cncnc3)cc2)c2cccc(F)c2n1. The molecule has 4 aromatic rings. The first-order valence-electron chi connectivity index (χ1n) is 8.79. The molecular formula is C22H19FN4. The molecule has 0 bridgehead atoms. The minimum atomic E-state index is -0.304. The van der Waals surface area contributed by atoms with Gasteiger partial charge in [-0.05, 0) is 37.1 Å². The second-order valence-corrected chi connectivity index (χ2v) is 6.56. The molecule has 4 rings (SSSR count). The van der Waals surface area contributed by atoms with E-state index in [0.29, 0.717) is 5.52 Å². The van der Waals surface area contributed by atoms with Crippen molar-refractivity contribution >= 4 is 16.6 Å². The maximum atomic E-state index is 14.1. The lowest BCUT2D eigenvalue weighted by Gasteiger charge is -2.18. The van der Waals surface area contributed by atoms with Crippen molar-refractivity contribution in [2.75, 3.05) is 5.32 Å². The third-order valence-corrected chi connectivity index (χ3v) is 4.59. The van der Waals surface area contributed by atoms with E-state index in [0.717, 1.165) is 33.5 Å². The highest BCUT2D eigenvalue weighted by atomic mass is 19.1. The summed E-state index contributed by atoms with van der Waals surface area (Å²) in [5.41, 5.74) is 5.24. The largest absolute Gasteiger partial charge is 0.378 e. The first-order valence-corrected chi connectivity index (χ1v) is 8.79. The van der Waals surface area contributed by atoms with E-state index in [1.807, 2.05) is 19.1 Å². The molecule has 0 aliphatic carbocycles. The van der Waals surface area contributed by atoms with Gasteiger partial charge in [0.05, 0.1) is 0 Å². The van der Waals surface area contributed by atoms with Crippen molar-refractivity contribution in [3.05, 3.63) is 84.3 Å². The fourth-order valence-corrected chi connectivity index (χ4v) is 3.19. The number of hydrogen-bond acceptors (Lipinski definition) is 4. The molecule has 1 N–H and O–H groups in total. The number of anilines is 1. The Morgan fingerprint density at radius 2 is 1.70 bits per heavy atom. The van der Waals surface area contributed by atoms with Crippen LogP contribution >= 0.6 is 0 Å². The number of fused-ring (bicyclic) bond motifs is 1. The van der Waals surface area contributed by atoms with E-state index in [4.69, 9.17) is 0 Å². The van der Waals surface area contributed by atoms with Gasteiger partial charge in [0.25, 0.3) is 0 Å². The number of hydrogen-bond donors (Lipinski definition) is 1. The molecule has 4 nitrogen and oxygen atoms in total. The Hall–Kier alpha value is -3.34. The lowest BCUT2D eigenvalue weighted by molar-refractivity contribution is 0.636. The molecule has 0 saturated carbocycles. The molecule has 1 unspecified atom stereocenters. The monoisotopic (exact) mass is 358 g/mol. The maximum absolute atomic E-state index is 14.1. The van der Waals surface area contributed by atoms with Gasteiger partial charge in [0, 0.05) is 40.8 Å². The molecule has 134 valence electrons. The highest BCUT2D eigenvalue weighted by Gasteiger charge is 2.11. The van der Waals surface area contributed by atoms with Crippen LogP contribution in [0.3, 0.4) is 0 Å². The Morgan fingerprint density at radius 3 is 2.44 bits per heavy atom. The molecule has 0 fully saturated rings. The Bertz CT molecular complexity index is 1080. The fourth-order valence-electron chi connectivity index (χ4n) is 3.19. The van der Waals surface area contributed by atoms with Crippen LogP contribution in [0.4, 0.5) is 10.1 Å². The molecule has 0 radical (unpaired) electrons. The number of para-hydroxylation sites is 1. The van der Waals surface area contributed by atoms with E-state index in [1.54, 1.807) is 18.5 Å². The van der Waals surface area contributed by atoms with Gasteiger partial charge in [-0.1, -0.05) is 36.4 Å². The van der Waals surface area contributed by atoms with Gasteiger partial charge in [-0.2, -0.15) is 0 Å². The summed E-state index contributed by atoms with van der Waals surface area (Å²) >= 11 is 0. The molecule has 5 heteroatoms. The van der Waals surface area contributed by atoms with E-state index in [1.165, 1.54) is 12.4 Å². The van der Waals surface area contributed by atoms with Crippen LogP contribution < -0.4 is 5.32 Å². The summed E-state index contributed by atoms with van der Waals surface area (Å²) in [4.78, 5) is 12.5. The minimum Gasteiger partial charge on any atom is -0.378 e. The molecule has 2 aromatic carbocycles. The lowest BCUT2D eigenvalue weighted by Crippen LogP contribution is -2.08. The first-order chi connectivity index (χ1) is 13.1. The molecular weight excluding hydrogens is 339 g/mol. The second kappa shape index (κ2) is 7.11. The van der Waals surface area contributed by atoms with Crippen molar-refractivity contribution < 1.29 is 4.39 Å². The summed E-state index contributed by atoms with van der Waals surface area (Å²) in [5, 5.41) is 4.28. The number of benzene rings is 2. The Kier molecular flexibility index (Phi) is 4.50. The van der Waals surface area contributed by atoms with Crippen molar-refractivity contribution in [2.45, 2.75) is 19.9 Å². The molecule has 0 aliphatic heterocycles. The number of halogens is 1. The lowest BCUT2D eigenvalue weighted by atomic mass is 10.0. The van der Waals surface area contributed by atoms with Crippen molar-refractivity contribution in [3.63, 3.8) is 0 Å². The quantitative estimate of drug-likeness (QED) is 0.537. The molecule has 27 heavy (non-hydrogen) atoms. The Morgan fingerprint density at radius 1 is 0.963 bits per heavy atom. The van der Waals surface area contributed by atoms with Gasteiger partial charge in [0.1, 0.15) is 17.7 Å². The predicted molar refractivity (Wildman–Crippen MR) is 106 cm³/mol. The summed E-state index contributed by atoms with van der Waals surface area (Å²) in [6, 6.07) is 15.3. The minimum absolute atomic E-state index is 0.0549. The third kappa shape index (κ3) is 3.49. The summed E-state index contributed by atoms with van der Waals surface area (Å²) < 4.78 is 14.1. The number of pyridine rings is 1. The van der Waals surface area contributed by atoms with E-state index in [2.05, 4.69) is 51.5 Å². The van der Waals surface area contributed by atoms with Gasteiger partial charge in [-0.15, -0.1) is 0 Å². The fraction of sp³-hybridized carbons (Fsp3) is 0.136. The van der Waals surface area contributed by atoms with Crippen LogP contribution in [-0.2, 0) is 0 Å². The third-order valence-electron chi connectivity index (χ3n) is 4.59. The predicted octanol–water partition coefficient (Wildman–Crippen LogP) is 5.31. The van der Waals surface area contributed by atoms with E-state index >= 15 is 0 Å². The zero-order chi connectivity index (χ0) is 18.8. The molecule has 2 heterocycles. The van der Waals surface area contributed by atoms with Gasteiger partial charge in [0.15, 0.2) is 0 Å². The molecule has 0 spiro atoms. The number of aryl methyl sites for hydroxylation is 1. The van der Waals surface area contributed by atoms with Crippen LogP contribution in [0.1, 0.15) is 24.2 Å². The van der Waals surface area contributed by atoms with Crippen LogP contribution in [0.5, 0.6) is 0 Å². The number of nitrogens with one attached hydrogen (secondary N) is 1. The van der Waals surface area contributed by atoms with E-state index in [9.17, 15) is 4.39 Å². The zero-order valence-electron chi connectivity index (χ0n) is 15.1. The second-order valence-electron chi connectivity index (χ2n) is 6.56. The Balaban J connectivity index is 1.62. The smallest absolute Gasteiger partial charge is 0.149 e. The van der Waals surface area contributed by atoms with Gasteiger partial charge < -0.3 is 5.32 Å². The normalized spacial score (nSPS) is 12.1. The molecule has 0 saturated heterocycles. The van der Waals surface area contributed by atoms with Crippen LogP contribution in [0.2, 0.25) is 0 Å². The van der Waals surface area contributed by atoms with Crippen LogP contribution in [-0.4, -0.2) is 15.0 Å². The molecule has 2 aromatic heterocycles. The highest BCUT2D eigenvalue weighted by molar-refractivity contribution is 5.92. The summed E-state index contributed by atoms with van der Waals surface area (Å²) in [5.74, 6) is -0.304. The average molecular weight is 358 g/mol. The van der Waals surface area contributed by atoms with Gasteiger partial charge in [-0.25, -0.2) is 19.3 Å². The standard InChI is InChI=1S/C22H19FN4/c1-14-10-21(19-4-3-5-20(23)22(19)26-14)27-15(2)16-6-8-17(9-7-16)18-11-24-13-25-12-18/h3-13,15H,1-2H3,(H,26,27). The number of nitrogens with zero attached hydrogens (tertiary/aromatic N) is 3. The summed E-state index contributed by atoms with van der Waals surface area (Å²) in [6.07, 6.45) is 5.11. The summed E-state index contributed by atoms with van der Waals surface area (Å²) in [6.45, 7) is 3.96. The van der Waals surface area contributed by atoms with Crippen molar-refractivity contribution in [1.82, 2.24) is 15.0 Å². The van der Waals surface area contributed by atoms with E-state index < -0.39 is 0 Å². The van der Waals surface area contributed by atoms with Crippen LogP contribution in [0, 0.1) is 12.7 Å². The molecule has 0 aliphatic rings. The first kappa shape index (κ1) is 17.1. The topological polar surface area (TPSA) is 50.7 Å². The van der Waals surface area contributed by atoms with Gasteiger partial charge >= 0.3 is 0 Å². The zero-order valence-corrected chi connectivity index (χ0v) is 15.1. The Labute approximate surface area is 157 Å². The average Bonchev–Trinajstić information content (AvgIpc) is 2.69. The van der Waals surface area contributed by atoms with Crippen molar-refractivity contribution in [3.8, 4) is 11.1 Å².